The van der Waals surface area contributed by atoms with Crippen LogP contribution < -0.4 is 10.6 Å². The molecular weight excluding hydrogens is 465 g/mol. The summed E-state index contributed by atoms with van der Waals surface area (Å²) in [4.78, 5) is 4.19. The molecular formula is C18H32IN3O3S. The van der Waals surface area contributed by atoms with Gasteiger partial charge in [0.1, 0.15) is 0 Å². The highest BCUT2D eigenvalue weighted by atomic mass is 127. The van der Waals surface area contributed by atoms with E-state index >= 15 is 0 Å². The number of rotatable bonds is 10. The van der Waals surface area contributed by atoms with Crippen molar-refractivity contribution in [2.75, 3.05) is 33.1 Å². The maximum atomic E-state index is 11.3. The third-order valence-corrected chi connectivity index (χ3v) is 4.20. The zero-order chi connectivity index (χ0) is 18.7. The van der Waals surface area contributed by atoms with Crippen molar-refractivity contribution in [2.24, 2.45) is 10.9 Å². The smallest absolute Gasteiger partial charge is 0.191 e. The summed E-state index contributed by atoms with van der Waals surface area (Å²) in [6.07, 6.45) is 2.17. The lowest BCUT2D eigenvalue weighted by atomic mass is 10.1. The Morgan fingerprint density at radius 2 is 1.77 bits per heavy atom. The van der Waals surface area contributed by atoms with E-state index in [0.717, 1.165) is 43.3 Å². The van der Waals surface area contributed by atoms with Gasteiger partial charge in [-0.3, -0.25) is 4.99 Å². The van der Waals surface area contributed by atoms with Gasteiger partial charge in [-0.25, -0.2) is 8.42 Å². The topological polar surface area (TPSA) is 79.8 Å². The van der Waals surface area contributed by atoms with Crippen molar-refractivity contribution in [2.45, 2.75) is 32.6 Å². The van der Waals surface area contributed by atoms with Gasteiger partial charge in [-0.15, -0.1) is 24.0 Å². The highest BCUT2D eigenvalue weighted by Crippen LogP contribution is 2.07. The van der Waals surface area contributed by atoms with Gasteiger partial charge in [-0.05, 0) is 23.5 Å². The number of nitrogens with one attached hydrogen (secondary N) is 2. The summed E-state index contributed by atoms with van der Waals surface area (Å²) >= 11 is 0. The zero-order valence-corrected chi connectivity index (χ0v) is 19.3. The van der Waals surface area contributed by atoms with Crippen LogP contribution in [-0.2, 0) is 26.9 Å². The molecule has 1 aromatic rings. The third-order valence-electron chi connectivity index (χ3n) is 3.34. The fourth-order valence-corrected chi connectivity index (χ4v) is 2.96. The van der Waals surface area contributed by atoms with Crippen molar-refractivity contribution in [1.82, 2.24) is 10.6 Å². The maximum absolute atomic E-state index is 11.3. The number of guanidine groups is 1. The van der Waals surface area contributed by atoms with Crippen molar-refractivity contribution in [1.29, 1.82) is 0 Å². The highest BCUT2D eigenvalue weighted by Gasteiger charge is 2.04. The largest absolute Gasteiger partial charge is 0.381 e. The quantitative estimate of drug-likeness (QED) is 0.225. The van der Waals surface area contributed by atoms with Crippen molar-refractivity contribution in [3.63, 3.8) is 0 Å². The summed E-state index contributed by atoms with van der Waals surface area (Å²) in [5.74, 6) is 1.37. The van der Waals surface area contributed by atoms with Gasteiger partial charge >= 0.3 is 0 Å². The number of ether oxygens (including phenoxy) is 1. The maximum Gasteiger partial charge on any atom is 0.191 e. The van der Waals surface area contributed by atoms with Gasteiger partial charge in [-0.2, -0.15) is 0 Å². The lowest BCUT2D eigenvalue weighted by molar-refractivity contribution is 0.108. The second kappa shape index (κ2) is 13.3. The van der Waals surface area contributed by atoms with Crippen molar-refractivity contribution in [3.05, 3.63) is 35.4 Å². The van der Waals surface area contributed by atoms with Crippen LogP contribution in [0.5, 0.6) is 0 Å². The molecule has 0 saturated heterocycles. The minimum absolute atomic E-state index is 0. The fraction of sp³-hybridized carbons (Fsp3) is 0.611. The van der Waals surface area contributed by atoms with Gasteiger partial charge in [0.25, 0.3) is 0 Å². The average Bonchev–Trinajstić information content (AvgIpc) is 2.53. The molecule has 0 atom stereocenters. The summed E-state index contributed by atoms with van der Waals surface area (Å²) in [6.45, 7) is 7.23. The van der Waals surface area contributed by atoms with Crippen LogP contribution in [0.2, 0.25) is 0 Å². The monoisotopic (exact) mass is 497 g/mol. The highest BCUT2D eigenvalue weighted by molar-refractivity contribution is 14.0. The Kier molecular flexibility index (Phi) is 12.9. The molecule has 0 saturated carbocycles. The predicted octanol–water partition coefficient (Wildman–Crippen LogP) is 2.58. The second-order valence-electron chi connectivity index (χ2n) is 6.56. The van der Waals surface area contributed by atoms with Crippen molar-refractivity contribution < 1.29 is 13.2 Å². The normalized spacial score (nSPS) is 12.0. The van der Waals surface area contributed by atoms with E-state index in [-0.39, 0.29) is 29.7 Å². The Balaban J connectivity index is 0.00000625. The number of hydrogen-bond acceptors (Lipinski definition) is 4. The van der Waals surface area contributed by atoms with Crippen LogP contribution in [0.15, 0.2) is 29.3 Å². The molecule has 6 nitrogen and oxygen atoms in total. The van der Waals surface area contributed by atoms with Crippen LogP contribution in [0.1, 0.15) is 31.4 Å². The van der Waals surface area contributed by atoms with E-state index in [4.69, 9.17) is 4.74 Å². The molecule has 0 bridgehead atoms. The minimum atomic E-state index is -3.00. The molecule has 1 rings (SSSR count). The van der Waals surface area contributed by atoms with Crippen LogP contribution in [0, 0.1) is 5.92 Å². The van der Waals surface area contributed by atoms with Crippen LogP contribution >= 0.6 is 24.0 Å². The third kappa shape index (κ3) is 12.5. The van der Waals surface area contributed by atoms with Gasteiger partial charge in [0.15, 0.2) is 15.8 Å². The molecule has 150 valence electrons. The molecule has 0 aliphatic rings. The average molecular weight is 497 g/mol. The molecule has 0 spiro atoms. The van der Waals surface area contributed by atoms with Crippen LogP contribution in [0.3, 0.4) is 0 Å². The zero-order valence-electron chi connectivity index (χ0n) is 16.1. The molecule has 0 unspecified atom stereocenters. The molecule has 2 N–H and O–H groups in total. The number of benzene rings is 1. The first-order chi connectivity index (χ1) is 11.8. The molecule has 0 fully saturated rings. The van der Waals surface area contributed by atoms with E-state index < -0.39 is 9.84 Å². The van der Waals surface area contributed by atoms with Crippen LogP contribution in [0.25, 0.3) is 0 Å². The Morgan fingerprint density at radius 3 is 2.31 bits per heavy atom. The first-order valence-electron chi connectivity index (χ1n) is 8.58. The van der Waals surface area contributed by atoms with Gasteiger partial charge in [0.2, 0.25) is 0 Å². The van der Waals surface area contributed by atoms with E-state index in [1.54, 1.807) is 7.05 Å². The van der Waals surface area contributed by atoms with Crippen LogP contribution in [-0.4, -0.2) is 47.4 Å². The van der Waals surface area contributed by atoms with E-state index in [0.29, 0.717) is 12.5 Å². The standard InChI is InChI=1S/C18H31N3O3S.HI/c1-15(2)13-24-11-5-10-20-18(19-3)21-12-16-6-8-17(9-7-16)14-25(4,22)23;/h6-9,15H,5,10-14H2,1-4H3,(H2,19,20,21);1H. The number of aliphatic imine (C=N–C) groups is 1. The number of nitrogens with zero attached hydrogens (tertiary/aromatic N) is 1. The van der Waals surface area contributed by atoms with Gasteiger partial charge < -0.3 is 15.4 Å². The Bertz CT molecular complexity index is 632. The summed E-state index contributed by atoms with van der Waals surface area (Å²) < 4.78 is 28.1. The summed E-state index contributed by atoms with van der Waals surface area (Å²) in [7, 11) is -1.26. The van der Waals surface area contributed by atoms with E-state index in [9.17, 15) is 8.42 Å². The van der Waals surface area contributed by atoms with Crippen molar-refractivity contribution >= 4 is 39.8 Å². The summed E-state index contributed by atoms with van der Waals surface area (Å²) in [6, 6.07) is 7.56. The minimum Gasteiger partial charge on any atom is -0.381 e. The van der Waals surface area contributed by atoms with Crippen molar-refractivity contribution in [3.8, 4) is 0 Å². The van der Waals surface area contributed by atoms with Gasteiger partial charge in [-0.1, -0.05) is 38.1 Å². The number of halogens is 1. The fourth-order valence-electron chi connectivity index (χ4n) is 2.16. The SMILES string of the molecule is CN=C(NCCCOCC(C)C)NCc1ccc(CS(C)(=O)=O)cc1.I. The molecule has 0 heterocycles. The molecule has 0 radical (unpaired) electrons. The lowest BCUT2D eigenvalue weighted by Crippen LogP contribution is -2.37. The van der Waals surface area contributed by atoms with E-state index in [1.165, 1.54) is 6.26 Å². The van der Waals surface area contributed by atoms with Crippen LogP contribution in [0.4, 0.5) is 0 Å². The molecule has 26 heavy (non-hydrogen) atoms. The molecule has 1 aromatic carbocycles. The molecule has 0 aliphatic carbocycles. The Hall–Kier alpha value is -0.870. The van der Waals surface area contributed by atoms with Gasteiger partial charge in [0, 0.05) is 39.6 Å². The second-order valence-corrected chi connectivity index (χ2v) is 8.70. The Morgan fingerprint density at radius 1 is 1.15 bits per heavy atom. The molecule has 8 heteroatoms. The van der Waals surface area contributed by atoms with Gasteiger partial charge in [0.05, 0.1) is 5.75 Å². The lowest BCUT2D eigenvalue weighted by Gasteiger charge is -2.12. The molecule has 0 aromatic heterocycles. The summed E-state index contributed by atoms with van der Waals surface area (Å²) in [5.41, 5.74) is 1.87. The first kappa shape index (κ1) is 25.1. The predicted molar refractivity (Wildman–Crippen MR) is 119 cm³/mol. The Labute approximate surface area is 175 Å². The molecule has 0 amide bonds. The molecule has 0 aliphatic heterocycles. The number of hydrogen-bond donors (Lipinski definition) is 2. The van der Waals surface area contributed by atoms with E-state index in [1.807, 2.05) is 24.3 Å². The first-order valence-corrected chi connectivity index (χ1v) is 10.6. The summed E-state index contributed by atoms with van der Waals surface area (Å²) in [5, 5.41) is 6.49. The number of sulfone groups is 1. The van der Waals surface area contributed by atoms with E-state index in [2.05, 4.69) is 29.5 Å².